The number of carboxylic acids is 1. The van der Waals surface area contributed by atoms with Gasteiger partial charge in [-0.1, -0.05) is 87.9 Å². The van der Waals surface area contributed by atoms with Crippen molar-refractivity contribution in [3.8, 4) is 0 Å². The van der Waals surface area contributed by atoms with Crippen LogP contribution in [0.1, 0.15) is 108 Å². The molecule has 0 spiro atoms. The van der Waals surface area contributed by atoms with Crippen LogP contribution in [0.5, 0.6) is 0 Å². The summed E-state index contributed by atoms with van der Waals surface area (Å²) in [5.41, 5.74) is 1.38. The number of ether oxygens (including phenoxy) is 1. The molecule has 0 bridgehead atoms. The zero-order valence-electron chi connectivity index (χ0n) is 22.7. The molecule has 2 atom stereocenters. The molecule has 0 fully saturated rings. The molecule has 0 saturated carbocycles. The number of hydrogen-bond donors (Lipinski definition) is 1. The van der Waals surface area contributed by atoms with E-state index in [1.165, 1.54) is 18.6 Å². The molecule has 0 aliphatic rings. The summed E-state index contributed by atoms with van der Waals surface area (Å²) in [4.78, 5) is 23.9. The zero-order chi connectivity index (χ0) is 26.9. The van der Waals surface area contributed by atoms with Gasteiger partial charge < -0.3 is 9.84 Å². The van der Waals surface area contributed by atoms with Crippen LogP contribution < -0.4 is 0 Å². The first-order valence-corrected chi connectivity index (χ1v) is 14.0. The van der Waals surface area contributed by atoms with Gasteiger partial charge in [-0.25, -0.2) is 4.39 Å². The summed E-state index contributed by atoms with van der Waals surface area (Å²) in [6, 6.07) is 16.6. The molecule has 2 aromatic rings. The van der Waals surface area contributed by atoms with Crippen molar-refractivity contribution in [3.05, 3.63) is 71.5 Å². The number of carbonyl (C=O) groups excluding carboxylic acids is 1. The Bertz CT molecular complexity index is 912. The summed E-state index contributed by atoms with van der Waals surface area (Å²) in [5, 5.41) is 8.87. The van der Waals surface area contributed by atoms with E-state index in [0.29, 0.717) is 25.9 Å². The largest absolute Gasteiger partial charge is 0.481 e. The van der Waals surface area contributed by atoms with Gasteiger partial charge in [0, 0.05) is 6.42 Å². The van der Waals surface area contributed by atoms with E-state index in [9.17, 15) is 14.0 Å². The minimum absolute atomic E-state index is 0.109. The van der Waals surface area contributed by atoms with E-state index in [4.69, 9.17) is 9.84 Å². The topological polar surface area (TPSA) is 63.6 Å². The average Bonchev–Trinajstić information content (AvgIpc) is 2.88. The molecular weight excluding hydrogens is 467 g/mol. The molecule has 0 aromatic heterocycles. The summed E-state index contributed by atoms with van der Waals surface area (Å²) < 4.78 is 20.0. The normalized spacial score (nSPS) is 13.7. The Kier molecular flexibility index (Phi) is 14.2. The number of rotatable bonds is 20. The van der Waals surface area contributed by atoms with Crippen LogP contribution in [0.15, 0.2) is 54.6 Å². The smallest absolute Gasteiger partial charge is 0.303 e. The lowest BCUT2D eigenvalue weighted by molar-refractivity contribution is -0.137. The molecule has 0 aliphatic heterocycles. The van der Waals surface area contributed by atoms with Gasteiger partial charge in [-0.2, -0.15) is 0 Å². The van der Waals surface area contributed by atoms with Crippen LogP contribution in [0, 0.1) is 5.82 Å². The van der Waals surface area contributed by atoms with Crippen LogP contribution in [-0.4, -0.2) is 23.0 Å². The predicted molar refractivity (Wildman–Crippen MR) is 147 cm³/mol. The highest BCUT2D eigenvalue weighted by Gasteiger charge is 2.36. The van der Waals surface area contributed by atoms with Crippen molar-refractivity contribution in [1.29, 1.82) is 0 Å². The van der Waals surface area contributed by atoms with Gasteiger partial charge in [-0.05, 0) is 68.7 Å². The molecule has 0 radical (unpaired) electrons. The number of Topliss-reactive ketones (excluding diaryl/α,β-unsaturated/α-hetero) is 1. The highest BCUT2D eigenvalue weighted by molar-refractivity contribution is 5.88. The van der Waals surface area contributed by atoms with E-state index in [-0.39, 0.29) is 24.1 Å². The van der Waals surface area contributed by atoms with Gasteiger partial charge in [0.15, 0.2) is 0 Å². The van der Waals surface area contributed by atoms with E-state index < -0.39 is 11.4 Å². The van der Waals surface area contributed by atoms with Crippen molar-refractivity contribution < 1.29 is 23.8 Å². The first-order valence-electron chi connectivity index (χ1n) is 14.0. The van der Waals surface area contributed by atoms with Gasteiger partial charge >= 0.3 is 5.97 Å². The maximum atomic E-state index is 13.7. The van der Waals surface area contributed by atoms with Crippen LogP contribution in [0.2, 0.25) is 0 Å². The number of benzene rings is 2. The van der Waals surface area contributed by atoms with Crippen LogP contribution in [-0.2, 0) is 26.3 Å². The summed E-state index contributed by atoms with van der Waals surface area (Å²) in [5.74, 6) is -0.968. The first-order chi connectivity index (χ1) is 17.9. The van der Waals surface area contributed by atoms with E-state index >= 15 is 0 Å². The number of halogens is 1. The Morgan fingerprint density at radius 3 is 2.16 bits per heavy atom. The molecule has 0 aliphatic carbocycles. The Balaban J connectivity index is 2.06. The van der Waals surface area contributed by atoms with Crippen molar-refractivity contribution >= 4 is 11.8 Å². The van der Waals surface area contributed by atoms with Crippen LogP contribution in [0.25, 0.3) is 0 Å². The van der Waals surface area contributed by atoms with E-state index in [2.05, 4.69) is 19.1 Å². The minimum Gasteiger partial charge on any atom is -0.481 e. The fraction of sp³-hybridized carbons (Fsp3) is 0.562. The number of ketones is 1. The van der Waals surface area contributed by atoms with Crippen LogP contribution in [0.4, 0.5) is 4.39 Å². The summed E-state index contributed by atoms with van der Waals surface area (Å²) in [7, 11) is 0. The summed E-state index contributed by atoms with van der Waals surface area (Å²) in [6.45, 7) is 4.44. The fourth-order valence-electron chi connectivity index (χ4n) is 5.15. The van der Waals surface area contributed by atoms with E-state index in [0.717, 1.165) is 62.5 Å². The third kappa shape index (κ3) is 11.2. The summed E-state index contributed by atoms with van der Waals surface area (Å²) in [6.07, 6.45) is 11.1. The van der Waals surface area contributed by atoms with Gasteiger partial charge in [-0.15, -0.1) is 0 Å². The number of unbranched alkanes of at least 4 members (excludes halogenated alkanes) is 5. The van der Waals surface area contributed by atoms with Crippen molar-refractivity contribution in [3.63, 3.8) is 0 Å². The van der Waals surface area contributed by atoms with E-state index in [1.807, 2.05) is 18.2 Å². The van der Waals surface area contributed by atoms with Crippen molar-refractivity contribution in [2.45, 2.75) is 115 Å². The Hall–Kier alpha value is -2.53. The molecule has 0 amide bonds. The standard InChI is InChI=1S/C32H45FO4/c1-3-4-8-16-30(37-25-27-14-9-7-10-15-27)17-13-24-32(26(2)34,28-19-21-29(33)22-20-28)23-12-6-5-11-18-31(35)36/h7,9-10,14-15,19-22,30H,3-6,8,11-13,16-18,23-25H2,1-2H3,(H,35,36). The van der Waals surface area contributed by atoms with E-state index in [1.54, 1.807) is 19.1 Å². The van der Waals surface area contributed by atoms with Crippen molar-refractivity contribution in [1.82, 2.24) is 0 Å². The highest BCUT2D eigenvalue weighted by Crippen LogP contribution is 2.37. The predicted octanol–water partition coefficient (Wildman–Crippen LogP) is 8.41. The molecule has 2 unspecified atom stereocenters. The molecule has 0 heterocycles. The van der Waals surface area contributed by atoms with Gasteiger partial charge in [0.1, 0.15) is 11.6 Å². The zero-order valence-corrected chi connectivity index (χ0v) is 22.7. The molecule has 1 N–H and O–H groups in total. The lowest BCUT2D eigenvalue weighted by Gasteiger charge is -2.33. The number of hydrogen-bond acceptors (Lipinski definition) is 3. The Morgan fingerprint density at radius 2 is 1.51 bits per heavy atom. The lowest BCUT2D eigenvalue weighted by atomic mass is 9.69. The van der Waals surface area contributed by atoms with Crippen LogP contribution in [0.3, 0.4) is 0 Å². The SMILES string of the molecule is CCCCCC(CCCC(CCCCCCC(=O)O)(C(C)=O)c1ccc(F)cc1)OCc1ccccc1. The van der Waals surface area contributed by atoms with Gasteiger partial charge in [0.2, 0.25) is 0 Å². The van der Waals surface area contributed by atoms with Gasteiger partial charge in [-0.3, -0.25) is 9.59 Å². The second-order valence-corrected chi connectivity index (χ2v) is 10.3. The molecule has 2 rings (SSSR count). The average molecular weight is 513 g/mol. The fourth-order valence-corrected chi connectivity index (χ4v) is 5.15. The van der Waals surface area contributed by atoms with Crippen molar-refractivity contribution in [2.75, 3.05) is 0 Å². The lowest BCUT2D eigenvalue weighted by Crippen LogP contribution is -2.34. The number of carbonyl (C=O) groups is 2. The Labute approximate surface area is 222 Å². The van der Waals surface area contributed by atoms with Crippen LogP contribution >= 0.6 is 0 Å². The molecule has 204 valence electrons. The second-order valence-electron chi connectivity index (χ2n) is 10.3. The third-order valence-corrected chi connectivity index (χ3v) is 7.40. The third-order valence-electron chi connectivity index (χ3n) is 7.40. The number of aliphatic carboxylic acids is 1. The van der Waals surface area contributed by atoms with Crippen molar-refractivity contribution in [2.24, 2.45) is 0 Å². The molecule has 5 heteroatoms. The molecule has 0 saturated heterocycles. The highest BCUT2D eigenvalue weighted by atomic mass is 19.1. The minimum atomic E-state index is -0.771. The second kappa shape index (κ2) is 17.1. The van der Waals surface area contributed by atoms with Gasteiger partial charge in [0.05, 0.1) is 18.1 Å². The maximum Gasteiger partial charge on any atom is 0.303 e. The maximum absolute atomic E-state index is 13.7. The first kappa shape index (κ1) is 30.7. The molecular formula is C32H45FO4. The summed E-state index contributed by atoms with van der Waals surface area (Å²) >= 11 is 0. The molecule has 4 nitrogen and oxygen atoms in total. The quantitative estimate of drug-likeness (QED) is 0.181. The molecule has 2 aromatic carbocycles. The van der Waals surface area contributed by atoms with Gasteiger partial charge in [0.25, 0.3) is 0 Å². The number of carboxylic acid groups (broad SMARTS) is 1. The monoisotopic (exact) mass is 512 g/mol. The molecule has 37 heavy (non-hydrogen) atoms. The Morgan fingerprint density at radius 1 is 0.865 bits per heavy atom.